The maximum atomic E-state index is 13.0. The second kappa shape index (κ2) is 8.33. The molecule has 8 heteroatoms. The minimum atomic E-state index is -0.595. The average Bonchev–Trinajstić information content (AvgIpc) is 2.66. The molecule has 0 aliphatic carbocycles. The Morgan fingerprint density at radius 2 is 1.79 bits per heavy atom. The second-order valence-corrected chi connectivity index (χ2v) is 6.78. The molecule has 0 radical (unpaired) electrons. The fraction of sp³-hybridized carbons (Fsp3) is 0.450. The number of benzene rings is 1. The predicted octanol–water partition coefficient (Wildman–Crippen LogP) is 2.49. The van der Waals surface area contributed by atoms with E-state index < -0.39 is 5.63 Å². The summed E-state index contributed by atoms with van der Waals surface area (Å²) >= 11 is 0. The first kappa shape index (κ1) is 19.7. The quantitative estimate of drug-likeness (QED) is 0.748. The van der Waals surface area contributed by atoms with E-state index in [9.17, 15) is 14.4 Å². The Labute approximate surface area is 162 Å². The van der Waals surface area contributed by atoms with Crippen LogP contribution >= 0.6 is 0 Å². The topological polar surface area (TPSA) is 89.3 Å². The normalized spacial score (nSPS) is 14.4. The van der Waals surface area contributed by atoms with E-state index >= 15 is 0 Å². The summed E-state index contributed by atoms with van der Waals surface area (Å²) in [5, 5.41) is 0.550. The molecule has 150 valence electrons. The average molecular weight is 388 g/mol. The van der Waals surface area contributed by atoms with Crippen LogP contribution in [0.5, 0.6) is 5.75 Å². The molecule has 1 fully saturated rings. The first-order valence-electron chi connectivity index (χ1n) is 9.34. The van der Waals surface area contributed by atoms with Crippen molar-refractivity contribution in [2.45, 2.75) is 26.9 Å². The Balaban J connectivity index is 1.82. The summed E-state index contributed by atoms with van der Waals surface area (Å²) < 4.78 is 15.9. The van der Waals surface area contributed by atoms with Gasteiger partial charge >= 0.3 is 11.7 Å². The zero-order chi connectivity index (χ0) is 20.3. The van der Waals surface area contributed by atoms with E-state index in [4.69, 9.17) is 13.9 Å². The van der Waals surface area contributed by atoms with E-state index in [1.54, 1.807) is 34.9 Å². The lowest BCUT2D eigenvalue weighted by Gasteiger charge is -2.34. The third kappa shape index (κ3) is 4.27. The summed E-state index contributed by atoms with van der Waals surface area (Å²) in [5.41, 5.74) is -0.00574. The lowest BCUT2D eigenvalue weighted by Crippen LogP contribution is -2.50. The van der Waals surface area contributed by atoms with Gasteiger partial charge in [-0.05, 0) is 32.9 Å². The largest absolute Gasteiger partial charge is 0.491 e. The molecule has 2 amide bonds. The molecule has 1 aromatic carbocycles. The Kier molecular flexibility index (Phi) is 5.87. The van der Waals surface area contributed by atoms with E-state index in [-0.39, 0.29) is 23.7 Å². The lowest BCUT2D eigenvalue weighted by atomic mass is 10.1. The van der Waals surface area contributed by atoms with Crippen LogP contribution in [0.25, 0.3) is 11.0 Å². The first-order chi connectivity index (χ1) is 13.4. The Bertz CT molecular complexity index is 928. The second-order valence-electron chi connectivity index (χ2n) is 6.78. The van der Waals surface area contributed by atoms with Gasteiger partial charge in [-0.1, -0.05) is 0 Å². The van der Waals surface area contributed by atoms with E-state index in [1.807, 2.05) is 13.8 Å². The van der Waals surface area contributed by atoms with Crippen LogP contribution < -0.4 is 10.4 Å². The molecular formula is C20H24N2O6. The van der Waals surface area contributed by atoms with Gasteiger partial charge in [0.15, 0.2) is 0 Å². The monoisotopic (exact) mass is 388 g/mol. The molecule has 0 saturated carbocycles. The SMILES string of the molecule is CCOC(=O)N1CCN(C(=O)c2cc(=O)oc3cc(OC(C)C)ccc23)CC1. The fourth-order valence-electron chi connectivity index (χ4n) is 3.14. The highest BCUT2D eigenvalue weighted by Crippen LogP contribution is 2.24. The molecule has 8 nitrogen and oxygen atoms in total. The van der Waals surface area contributed by atoms with Crippen molar-refractivity contribution in [2.24, 2.45) is 0 Å². The van der Waals surface area contributed by atoms with E-state index in [1.165, 1.54) is 6.07 Å². The standard InChI is InChI=1S/C20H24N2O6/c1-4-26-20(25)22-9-7-21(8-10-22)19(24)16-12-18(23)28-17-11-14(27-13(2)3)5-6-15(16)17/h5-6,11-13H,4,7-10H2,1-3H3. The van der Waals surface area contributed by atoms with Gasteiger partial charge in [-0.2, -0.15) is 0 Å². The van der Waals surface area contributed by atoms with Gasteiger partial charge in [0.25, 0.3) is 5.91 Å². The molecule has 2 heterocycles. The number of rotatable bonds is 4. The highest BCUT2D eigenvalue weighted by molar-refractivity contribution is 6.05. The highest BCUT2D eigenvalue weighted by atomic mass is 16.6. The van der Waals surface area contributed by atoms with E-state index in [0.717, 1.165) is 0 Å². The van der Waals surface area contributed by atoms with Gasteiger partial charge in [-0.25, -0.2) is 9.59 Å². The number of hydrogen-bond donors (Lipinski definition) is 0. The molecular weight excluding hydrogens is 364 g/mol. The predicted molar refractivity (Wildman–Crippen MR) is 103 cm³/mol. The molecule has 3 rings (SSSR count). The molecule has 28 heavy (non-hydrogen) atoms. The van der Waals surface area contributed by atoms with Crippen molar-refractivity contribution in [3.63, 3.8) is 0 Å². The van der Waals surface area contributed by atoms with Crippen molar-refractivity contribution >= 4 is 23.0 Å². The van der Waals surface area contributed by atoms with Crippen molar-refractivity contribution in [2.75, 3.05) is 32.8 Å². The summed E-state index contributed by atoms with van der Waals surface area (Å²) in [6, 6.07) is 6.30. The molecule has 0 atom stereocenters. The van der Waals surface area contributed by atoms with Crippen LogP contribution in [0.1, 0.15) is 31.1 Å². The molecule has 0 N–H and O–H groups in total. The third-order valence-corrected chi connectivity index (χ3v) is 4.41. The van der Waals surface area contributed by atoms with Crippen LogP contribution in [0.2, 0.25) is 0 Å². The lowest BCUT2D eigenvalue weighted by molar-refractivity contribution is 0.0571. The van der Waals surface area contributed by atoms with Crippen LogP contribution in [0.15, 0.2) is 33.5 Å². The van der Waals surface area contributed by atoms with Crippen LogP contribution in [0, 0.1) is 0 Å². The van der Waals surface area contributed by atoms with Crippen LogP contribution in [0.4, 0.5) is 4.79 Å². The zero-order valence-electron chi connectivity index (χ0n) is 16.3. The molecule has 1 aliphatic rings. The molecule has 0 bridgehead atoms. The maximum Gasteiger partial charge on any atom is 0.409 e. The smallest absolute Gasteiger partial charge is 0.409 e. The van der Waals surface area contributed by atoms with Gasteiger partial charge in [0, 0.05) is 43.7 Å². The van der Waals surface area contributed by atoms with Gasteiger partial charge in [0.1, 0.15) is 11.3 Å². The number of piperazine rings is 1. The van der Waals surface area contributed by atoms with Crippen molar-refractivity contribution in [3.05, 3.63) is 40.2 Å². The Morgan fingerprint density at radius 3 is 2.43 bits per heavy atom. The van der Waals surface area contributed by atoms with E-state index in [2.05, 4.69) is 0 Å². The Hall–Kier alpha value is -3.03. The zero-order valence-corrected chi connectivity index (χ0v) is 16.3. The van der Waals surface area contributed by atoms with Gasteiger partial charge in [-0.15, -0.1) is 0 Å². The summed E-state index contributed by atoms with van der Waals surface area (Å²) in [5.74, 6) is 0.303. The van der Waals surface area contributed by atoms with Crippen molar-refractivity contribution in [3.8, 4) is 5.75 Å². The van der Waals surface area contributed by atoms with Crippen LogP contribution in [0.3, 0.4) is 0 Å². The Morgan fingerprint density at radius 1 is 1.11 bits per heavy atom. The minimum absolute atomic E-state index is 0.0234. The maximum absolute atomic E-state index is 13.0. The first-order valence-corrected chi connectivity index (χ1v) is 9.34. The third-order valence-electron chi connectivity index (χ3n) is 4.41. The minimum Gasteiger partial charge on any atom is -0.491 e. The molecule has 2 aromatic rings. The van der Waals surface area contributed by atoms with Crippen molar-refractivity contribution in [1.82, 2.24) is 9.80 Å². The number of ether oxygens (including phenoxy) is 2. The number of carbonyl (C=O) groups excluding carboxylic acids is 2. The van der Waals surface area contributed by atoms with Crippen LogP contribution in [-0.4, -0.2) is 60.7 Å². The van der Waals surface area contributed by atoms with Crippen LogP contribution in [-0.2, 0) is 4.74 Å². The number of nitrogens with zero attached hydrogens (tertiary/aromatic N) is 2. The number of hydrogen-bond acceptors (Lipinski definition) is 6. The molecule has 1 aliphatic heterocycles. The number of fused-ring (bicyclic) bond motifs is 1. The molecule has 0 spiro atoms. The molecule has 0 unspecified atom stereocenters. The number of amides is 2. The van der Waals surface area contributed by atoms with Gasteiger partial charge in [-0.3, -0.25) is 4.79 Å². The number of carbonyl (C=O) groups is 2. The molecule has 1 aromatic heterocycles. The van der Waals surface area contributed by atoms with E-state index in [0.29, 0.717) is 49.5 Å². The summed E-state index contributed by atoms with van der Waals surface area (Å²) in [6.07, 6.45) is -0.400. The van der Waals surface area contributed by atoms with Crippen molar-refractivity contribution < 1.29 is 23.5 Å². The fourth-order valence-corrected chi connectivity index (χ4v) is 3.14. The summed E-state index contributed by atoms with van der Waals surface area (Å²) in [4.78, 5) is 40.0. The van der Waals surface area contributed by atoms with Gasteiger partial charge < -0.3 is 23.7 Å². The summed E-state index contributed by atoms with van der Waals surface area (Å²) in [7, 11) is 0. The van der Waals surface area contributed by atoms with Gasteiger partial charge in [0.05, 0.1) is 18.3 Å². The summed E-state index contributed by atoms with van der Waals surface area (Å²) in [6.45, 7) is 7.37. The highest BCUT2D eigenvalue weighted by Gasteiger charge is 2.27. The van der Waals surface area contributed by atoms with Crippen molar-refractivity contribution in [1.29, 1.82) is 0 Å². The van der Waals surface area contributed by atoms with Gasteiger partial charge in [0.2, 0.25) is 0 Å². The molecule has 1 saturated heterocycles.